The van der Waals surface area contributed by atoms with E-state index in [0.29, 0.717) is 11.3 Å². The molecule has 0 atom stereocenters. The number of nitrogens with zero attached hydrogens (tertiary/aromatic N) is 2. The van der Waals surface area contributed by atoms with E-state index in [-0.39, 0.29) is 0 Å². The summed E-state index contributed by atoms with van der Waals surface area (Å²) in [5.74, 6) is 0. The standard InChI is InChI=1S/C27H22N2OSi/c1-22(27-20-12-11-13-23(27)21-28)29-30-31(24-14-5-2-6-15-24,25-16-7-3-8-17-25)26-18-9-4-10-19-26/h2-20H,1H3/b29-22+. The Morgan fingerprint density at radius 2 is 1.10 bits per heavy atom. The monoisotopic (exact) mass is 418 g/mol. The third kappa shape index (κ3) is 4.05. The molecular weight excluding hydrogens is 396 g/mol. The van der Waals surface area contributed by atoms with E-state index in [0.717, 1.165) is 21.1 Å². The third-order valence-corrected chi connectivity index (χ3v) is 9.10. The van der Waals surface area contributed by atoms with Crippen LogP contribution in [0.5, 0.6) is 0 Å². The minimum Gasteiger partial charge on any atom is -0.438 e. The third-order valence-electron chi connectivity index (χ3n) is 5.30. The number of nitriles is 1. The highest BCUT2D eigenvalue weighted by atomic mass is 28.4. The minimum atomic E-state index is -2.92. The molecule has 0 unspecified atom stereocenters. The molecule has 3 nitrogen and oxygen atoms in total. The van der Waals surface area contributed by atoms with E-state index >= 15 is 0 Å². The molecule has 0 saturated carbocycles. The maximum atomic E-state index is 9.49. The van der Waals surface area contributed by atoms with Gasteiger partial charge in [0.05, 0.1) is 17.3 Å². The van der Waals surface area contributed by atoms with Gasteiger partial charge in [-0.2, -0.15) is 5.26 Å². The molecule has 0 aliphatic rings. The minimum absolute atomic E-state index is 0.582. The van der Waals surface area contributed by atoms with Crippen molar-refractivity contribution < 1.29 is 4.53 Å². The fourth-order valence-electron chi connectivity index (χ4n) is 3.76. The second-order valence-electron chi connectivity index (χ2n) is 7.20. The first kappa shape index (κ1) is 20.3. The number of hydrogen-bond acceptors (Lipinski definition) is 3. The number of rotatable bonds is 6. The van der Waals surface area contributed by atoms with Crippen molar-refractivity contribution in [3.8, 4) is 6.07 Å². The molecule has 0 aliphatic heterocycles. The quantitative estimate of drug-likeness (QED) is 0.206. The Morgan fingerprint density at radius 1 is 0.677 bits per heavy atom. The summed E-state index contributed by atoms with van der Waals surface area (Å²) in [4.78, 5) is 0. The largest absolute Gasteiger partial charge is 0.438 e. The van der Waals surface area contributed by atoms with Crippen molar-refractivity contribution in [3.05, 3.63) is 126 Å². The molecule has 0 fully saturated rings. The molecule has 4 aromatic rings. The van der Waals surface area contributed by atoms with Crippen LogP contribution >= 0.6 is 0 Å². The van der Waals surface area contributed by atoms with Crippen molar-refractivity contribution in [3.63, 3.8) is 0 Å². The van der Waals surface area contributed by atoms with Gasteiger partial charge in [-0.15, -0.1) is 5.16 Å². The van der Waals surface area contributed by atoms with Crippen molar-refractivity contribution in [2.75, 3.05) is 0 Å². The molecule has 0 aromatic heterocycles. The molecule has 0 radical (unpaired) electrons. The Hall–Kier alpha value is -3.94. The van der Waals surface area contributed by atoms with Gasteiger partial charge in [-0.25, -0.2) is 0 Å². The summed E-state index contributed by atoms with van der Waals surface area (Å²) in [5, 5.41) is 17.5. The summed E-state index contributed by atoms with van der Waals surface area (Å²) in [5.41, 5.74) is 2.04. The van der Waals surface area contributed by atoms with Gasteiger partial charge in [-0.1, -0.05) is 109 Å². The molecule has 4 heteroatoms. The van der Waals surface area contributed by atoms with E-state index < -0.39 is 8.32 Å². The highest BCUT2D eigenvalue weighted by molar-refractivity contribution is 7.07. The van der Waals surface area contributed by atoms with Gasteiger partial charge in [-0.05, 0) is 28.6 Å². The number of oxime groups is 1. The Bertz CT molecular complexity index is 1120. The molecule has 31 heavy (non-hydrogen) atoms. The Balaban J connectivity index is 1.92. The maximum Gasteiger partial charge on any atom is 0.380 e. The van der Waals surface area contributed by atoms with E-state index in [9.17, 15) is 5.26 Å². The summed E-state index contributed by atoms with van der Waals surface area (Å²) >= 11 is 0. The highest BCUT2D eigenvalue weighted by Crippen LogP contribution is 2.13. The zero-order chi connectivity index (χ0) is 21.5. The van der Waals surface area contributed by atoms with Crippen LogP contribution in [-0.2, 0) is 4.53 Å². The van der Waals surface area contributed by atoms with Gasteiger partial charge in [-0.3, -0.25) is 0 Å². The molecule has 4 rings (SSSR count). The van der Waals surface area contributed by atoms with Crippen LogP contribution < -0.4 is 15.6 Å². The van der Waals surface area contributed by atoms with Crippen molar-refractivity contribution in [2.45, 2.75) is 6.92 Å². The highest BCUT2D eigenvalue weighted by Gasteiger charge is 2.44. The predicted molar refractivity (Wildman–Crippen MR) is 128 cm³/mol. The Morgan fingerprint density at radius 3 is 1.55 bits per heavy atom. The van der Waals surface area contributed by atoms with Gasteiger partial charge in [0.15, 0.2) is 0 Å². The van der Waals surface area contributed by atoms with Crippen LogP contribution in [0.15, 0.2) is 120 Å². The summed E-state index contributed by atoms with van der Waals surface area (Å²) in [7, 11) is -2.92. The fourth-order valence-corrected chi connectivity index (χ4v) is 7.33. The lowest BCUT2D eigenvalue weighted by atomic mass is 10.1. The number of benzene rings is 4. The van der Waals surface area contributed by atoms with Crippen LogP contribution in [0.4, 0.5) is 0 Å². The maximum absolute atomic E-state index is 9.49. The van der Waals surface area contributed by atoms with Gasteiger partial charge in [0, 0.05) is 5.56 Å². The van der Waals surface area contributed by atoms with Crippen molar-refractivity contribution in [1.82, 2.24) is 0 Å². The molecular formula is C27H22N2OSi. The van der Waals surface area contributed by atoms with Gasteiger partial charge in [0.1, 0.15) is 0 Å². The molecule has 0 amide bonds. The predicted octanol–water partition coefficient (Wildman–Crippen LogP) is 3.97. The van der Waals surface area contributed by atoms with Crippen LogP contribution in [0.25, 0.3) is 0 Å². The van der Waals surface area contributed by atoms with Crippen molar-refractivity contribution in [1.29, 1.82) is 5.26 Å². The first-order valence-corrected chi connectivity index (χ1v) is 12.1. The first-order chi connectivity index (χ1) is 15.3. The zero-order valence-electron chi connectivity index (χ0n) is 17.3. The van der Waals surface area contributed by atoms with E-state index in [4.69, 9.17) is 4.53 Å². The lowest BCUT2D eigenvalue weighted by Crippen LogP contribution is -2.68. The second-order valence-corrected chi connectivity index (χ2v) is 10.5. The van der Waals surface area contributed by atoms with Crippen molar-refractivity contribution >= 4 is 29.6 Å². The Labute approximate surface area is 184 Å². The van der Waals surface area contributed by atoms with E-state index in [1.807, 2.05) is 79.7 Å². The topological polar surface area (TPSA) is 45.4 Å². The van der Waals surface area contributed by atoms with Gasteiger partial charge >= 0.3 is 8.32 Å². The SMILES string of the molecule is C/C(=N\O[Si](c1ccccc1)(c1ccccc1)c1ccccc1)c1ccccc1C#N. The lowest BCUT2D eigenvalue weighted by Gasteiger charge is -2.30. The average molecular weight is 419 g/mol. The van der Waals surface area contributed by atoms with Crippen LogP contribution in [0.3, 0.4) is 0 Å². The van der Waals surface area contributed by atoms with E-state index in [1.54, 1.807) is 6.07 Å². The lowest BCUT2D eigenvalue weighted by molar-refractivity contribution is 0.349. The smallest absolute Gasteiger partial charge is 0.380 e. The molecule has 0 N–H and O–H groups in total. The zero-order valence-corrected chi connectivity index (χ0v) is 18.3. The van der Waals surface area contributed by atoms with E-state index in [1.165, 1.54) is 0 Å². The van der Waals surface area contributed by atoms with Gasteiger partial charge < -0.3 is 4.53 Å². The average Bonchev–Trinajstić information content (AvgIpc) is 2.86. The Kier molecular flexibility index (Phi) is 6.07. The van der Waals surface area contributed by atoms with Crippen LogP contribution in [0.1, 0.15) is 18.1 Å². The molecule has 4 aromatic carbocycles. The van der Waals surface area contributed by atoms with Gasteiger partial charge in [0.25, 0.3) is 0 Å². The van der Waals surface area contributed by atoms with Crippen LogP contribution in [-0.4, -0.2) is 14.0 Å². The second kappa shape index (κ2) is 9.25. The summed E-state index contributed by atoms with van der Waals surface area (Å²) in [6, 6.07) is 40.6. The number of hydrogen-bond donors (Lipinski definition) is 0. The molecule has 0 aliphatic carbocycles. The van der Waals surface area contributed by atoms with Crippen molar-refractivity contribution in [2.24, 2.45) is 5.16 Å². The molecule has 0 saturated heterocycles. The molecule has 0 spiro atoms. The summed E-state index contributed by atoms with van der Waals surface area (Å²) in [6.45, 7) is 1.89. The first-order valence-electron chi connectivity index (χ1n) is 10.1. The molecule has 0 bridgehead atoms. The van der Waals surface area contributed by atoms with Crippen LogP contribution in [0.2, 0.25) is 0 Å². The molecule has 0 heterocycles. The normalized spacial score (nSPS) is 11.5. The molecule has 150 valence electrons. The van der Waals surface area contributed by atoms with Gasteiger partial charge in [0.2, 0.25) is 0 Å². The summed E-state index contributed by atoms with van der Waals surface area (Å²) in [6.07, 6.45) is 0. The van der Waals surface area contributed by atoms with Crippen LogP contribution in [0, 0.1) is 11.3 Å². The summed E-state index contributed by atoms with van der Waals surface area (Å²) < 4.78 is 6.62. The van der Waals surface area contributed by atoms with E-state index in [2.05, 4.69) is 47.6 Å². The fraction of sp³-hybridized carbons (Fsp3) is 0.0370.